The Kier molecular flexibility index (Phi) is 6.70. The molecule has 0 aliphatic heterocycles. The van der Waals surface area contributed by atoms with Crippen LogP contribution in [0, 0.1) is 0 Å². The maximum atomic E-state index is 10.4. The molecule has 8 nitrogen and oxygen atoms in total. The summed E-state index contributed by atoms with van der Waals surface area (Å²) in [6.07, 6.45) is 7.56. The third-order valence-corrected chi connectivity index (χ3v) is 5.52. The predicted octanol–water partition coefficient (Wildman–Crippen LogP) is 2.50. The number of aromatic nitrogens is 1. The molecule has 0 saturated heterocycles. The molecule has 1 fully saturated rings. The van der Waals surface area contributed by atoms with Crippen molar-refractivity contribution in [1.82, 2.24) is 4.68 Å². The molecule has 28 heavy (non-hydrogen) atoms. The van der Waals surface area contributed by atoms with E-state index < -0.39 is 17.2 Å². The van der Waals surface area contributed by atoms with Crippen LogP contribution in [-0.4, -0.2) is 45.3 Å². The zero-order valence-corrected chi connectivity index (χ0v) is 16.1. The van der Waals surface area contributed by atoms with Gasteiger partial charge in [0, 0.05) is 17.4 Å². The van der Waals surface area contributed by atoms with Crippen LogP contribution in [0.25, 0.3) is 0 Å². The third kappa shape index (κ3) is 4.72. The average molecular weight is 405 g/mol. The van der Waals surface area contributed by atoms with Crippen LogP contribution in [0.3, 0.4) is 0 Å². The third-order valence-electron chi connectivity index (χ3n) is 4.64. The van der Waals surface area contributed by atoms with E-state index >= 15 is 0 Å². The van der Waals surface area contributed by atoms with E-state index in [1.807, 2.05) is 5.38 Å². The van der Waals surface area contributed by atoms with Gasteiger partial charge in [0.25, 0.3) is 6.47 Å². The molecule has 0 amide bonds. The Bertz CT molecular complexity index is 913. The van der Waals surface area contributed by atoms with Crippen molar-refractivity contribution >= 4 is 24.0 Å². The fourth-order valence-electron chi connectivity index (χ4n) is 3.10. The lowest BCUT2D eigenvalue weighted by atomic mass is 9.96. The molecule has 1 aliphatic carbocycles. The SMILES string of the molecule is O=COCCc1cs/c(=N\C2CCCCC2)n1/N=C/c1ccc(O)c(O)c1O. The number of benzene rings is 1. The monoisotopic (exact) mass is 405 g/mol. The number of nitrogens with zero attached hydrogens (tertiary/aromatic N) is 3. The average Bonchev–Trinajstić information content (AvgIpc) is 3.08. The van der Waals surface area contributed by atoms with E-state index in [9.17, 15) is 20.1 Å². The van der Waals surface area contributed by atoms with Crippen LogP contribution < -0.4 is 4.80 Å². The number of hydrogen-bond donors (Lipinski definition) is 3. The van der Waals surface area contributed by atoms with Crippen molar-refractivity contribution in [2.24, 2.45) is 10.1 Å². The quantitative estimate of drug-likeness (QED) is 0.283. The summed E-state index contributed by atoms with van der Waals surface area (Å²) < 4.78 is 6.45. The highest BCUT2D eigenvalue weighted by molar-refractivity contribution is 7.07. The van der Waals surface area contributed by atoms with Crippen molar-refractivity contribution in [2.75, 3.05) is 6.61 Å². The van der Waals surface area contributed by atoms with Gasteiger partial charge in [-0.2, -0.15) is 5.10 Å². The molecule has 150 valence electrons. The Labute approximate surface area is 166 Å². The zero-order valence-electron chi connectivity index (χ0n) is 15.3. The first-order valence-corrected chi connectivity index (χ1v) is 10.0. The number of phenolic OH excluding ortho intramolecular Hbond substituents is 3. The van der Waals surface area contributed by atoms with Gasteiger partial charge < -0.3 is 20.1 Å². The minimum atomic E-state index is -0.592. The minimum Gasteiger partial charge on any atom is -0.504 e. The molecule has 1 aromatic carbocycles. The van der Waals surface area contributed by atoms with Crippen molar-refractivity contribution in [2.45, 2.75) is 44.6 Å². The largest absolute Gasteiger partial charge is 0.504 e. The highest BCUT2D eigenvalue weighted by Gasteiger charge is 2.14. The Morgan fingerprint density at radius 1 is 1.18 bits per heavy atom. The van der Waals surface area contributed by atoms with Crippen LogP contribution in [0.4, 0.5) is 0 Å². The molecular weight excluding hydrogens is 382 g/mol. The summed E-state index contributed by atoms with van der Waals surface area (Å²) in [5, 5.41) is 35.5. The maximum Gasteiger partial charge on any atom is 0.293 e. The van der Waals surface area contributed by atoms with Crippen LogP contribution in [0.2, 0.25) is 0 Å². The lowest BCUT2D eigenvalue weighted by Gasteiger charge is -2.16. The number of thiazole rings is 1. The van der Waals surface area contributed by atoms with Crippen molar-refractivity contribution in [1.29, 1.82) is 0 Å². The van der Waals surface area contributed by atoms with Crippen LogP contribution in [0.5, 0.6) is 17.2 Å². The van der Waals surface area contributed by atoms with Crippen molar-refractivity contribution in [3.63, 3.8) is 0 Å². The Morgan fingerprint density at radius 2 is 1.96 bits per heavy atom. The highest BCUT2D eigenvalue weighted by Crippen LogP contribution is 2.36. The standard InChI is InChI=1S/C19H23N3O5S/c23-12-27-9-8-15-11-28-19(21-14-4-2-1-3-5-14)22(15)20-10-13-6-7-16(24)18(26)17(13)25/h6-7,10-12,14,24-26H,1-5,8-9H2/b20-10+,21-19-. The van der Waals surface area contributed by atoms with E-state index in [-0.39, 0.29) is 18.2 Å². The van der Waals surface area contributed by atoms with Gasteiger partial charge in [-0.1, -0.05) is 19.3 Å². The molecule has 0 unspecified atom stereocenters. The number of carbonyl (C=O) groups excluding carboxylic acids is 1. The van der Waals surface area contributed by atoms with Gasteiger partial charge >= 0.3 is 0 Å². The first kappa shape index (κ1) is 19.9. The normalized spacial score (nSPS) is 15.9. The molecule has 3 rings (SSSR count). The number of phenols is 3. The number of carbonyl (C=O) groups is 1. The lowest BCUT2D eigenvalue weighted by molar-refractivity contribution is -0.128. The van der Waals surface area contributed by atoms with Crippen LogP contribution in [-0.2, 0) is 16.0 Å². The molecule has 1 saturated carbocycles. The summed E-state index contributed by atoms with van der Waals surface area (Å²) in [4.78, 5) is 16.0. The maximum absolute atomic E-state index is 10.4. The summed E-state index contributed by atoms with van der Waals surface area (Å²) in [6.45, 7) is 0.633. The number of aromatic hydroxyl groups is 3. The van der Waals surface area contributed by atoms with Gasteiger partial charge in [-0.05, 0) is 25.0 Å². The van der Waals surface area contributed by atoms with Gasteiger partial charge in [0.15, 0.2) is 11.5 Å². The van der Waals surface area contributed by atoms with Crippen molar-refractivity contribution < 1.29 is 24.9 Å². The molecule has 0 bridgehead atoms. The summed E-state index contributed by atoms with van der Waals surface area (Å²) in [5.41, 5.74) is 1.08. The van der Waals surface area contributed by atoms with Gasteiger partial charge in [-0.3, -0.25) is 9.79 Å². The molecule has 0 atom stereocenters. The van der Waals surface area contributed by atoms with Crippen molar-refractivity contribution in [3.05, 3.63) is 33.6 Å². The topological polar surface area (TPSA) is 117 Å². The second-order valence-electron chi connectivity index (χ2n) is 6.58. The van der Waals surface area contributed by atoms with Gasteiger partial charge in [-0.15, -0.1) is 11.3 Å². The number of rotatable bonds is 7. The number of ether oxygens (including phenoxy) is 1. The molecular formula is C19H23N3O5S. The highest BCUT2D eigenvalue weighted by atomic mass is 32.1. The second kappa shape index (κ2) is 9.41. The minimum absolute atomic E-state index is 0.226. The summed E-state index contributed by atoms with van der Waals surface area (Å²) >= 11 is 1.46. The van der Waals surface area contributed by atoms with E-state index in [1.54, 1.807) is 4.68 Å². The fraction of sp³-hybridized carbons (Fsp3) is 0.421. The van der Waals surface area contributed by atoms with Gasteiger partial charge in [0.1, 0.15) is 0 Å². The molecule has 1 heterocycles. The lowest BCUT2D eigenvalue weighted by Crippen LogP contribution is -2.20. The van der Waals surface area contributed by atoms with Crippen molar-refractivity contribution in [3.8, 4) is 17.2 Å². The Balaban J connectivity index is 1.94. The fourth-order valence-corrected chi connectivity index (χ4v) is 4.04. The summed E-state index contributed by atoms with van der Waals surface area (Å²) in [5.74, 6) is -1.44. The Morgan fingerprint density at radius 3 is 2.71 bits per heavy atom. The molecule has 1 aromatic heterocycles. The smallest absolute Gasteiger partial charge is 0.293 e. The second-order valence-corrected chi connectivity index (χ2v) is 7.41. The predicted molar refractivity (Wildman–Crippen MR) is 105 cm³/mol. The van der Waals surface area contributed by atoms with Gasteiger partial charge in [0.05, 0.1) is 24.6 Å². The molecule has 2 aromatic rings. The first-order chi connectivity index (χ1) is 13.6. The molecule has 9 heteroatoms. The first-order valence-electron chi connectivity index (χ1n) is 9.17. The summed E-state index contributed by atoms with van der Waals surface area (Å²) in [7, 11) is 0. The van der Waals surface area contributed by atoms with Crippen LogP contribution >= 0.6 is 11.3 Å². The molecule has 0 radical (unpaired) electrons. The van der Waals surface area contributed by atoms with E-state index in [1.165, 1.54) is 48.9 Å². The van der Waals surface area contributed by atoms with E-state index in [0.29, 0.717) is 12.9 Å². The Hall–Kier alpha value is -2.81. The zero-order chi connectivity index (χ0) is 19.9. The molecule has 0 spiro atoms. The van der Waals surface area contributed by atoms with E-state index in [0.717, 1.165) is 23.3 Å². The summed E-state index contributed by atoms with van der Waals surface area (Å²) in [6, 6.07) is 2.99. The molecule has 1 aliphatic rings. The van der Waals surface area contributed by atoms with Crippen LogP contribution in [0.15, 0.2) is 27.6 Å². The van der Waals surface area contributed by atoms with E-state index in [4.69, 9.17) is 9.73 Å². The van der Waals surface area contributed by atoms with E-state index in [2.05, 4.69) is 5.10 Å². The van der Waals surface area contributed by atoms with Gasteiger partial charge in [-0.25, -0.2) is 4.68 Å². The molecule has 3 N–H and O–H groups in total. The number of hydrogen-bond acceptors (Lipinski definition) is 8. The van der Waals surface area contributed by atoms with Gasteiger partial charge in [0.2, 0.25) is 10.6 Å². The van der Waals surface area contributed by atoms with Crippen LogP contribution in [0.1, 0.15) is 43.4 Å².